The van der Waals surface area contributed by atoms with Crippen LogP contribution in [0, 0.1) is 0 Å². The van der Waals surface area contributed by atoms with E-state index in [2.05, 4.69) is 4.98 Å². The molecule has 1 aromatic carbocycles. The number of rotatable bonds is 1. The highest BCUT2D eigenvalue weighted by atomic mass is 32.1. The molecule has 1 heterocycles. The first-order valence-electron chi connectivity index (χ1n) is 5.37. The fraction of sp³-hybridized carbons (Fsp3) is 0.0714. The van der Waals surface area contributed by atoms with Crippen LogP contribution in [0.4, 0.5) is 0 Å². The molecule has 0 saturated carbocycles. The molecule has 0 aliphatic heterocycles. The van der Waals surface area contributed by atoms with Crippen LogP contribution in [0.5, 0.6) is 0 Å². The molecule has 0 bridgehead atoms. The quantitative estimate of drug-likeness (QED) is 0.726. The summed E-state index contributed by atoms with van der Waals surface area (Å²) in [5.74, 6) is -0.0152. The van der Waals surface area contributed by atoms with Gasteiger partial charge in [0, 0.05) is 15.9 Å². The molecule has 0 saturated heterocycles. The van der Waals surface area contributed by atoms with Gasteiger partial charge >= 0.3 is 0 Å². The van der Waals surface area contributed by atoms with Crippen LogP contribution in [0.3, 0.4) is 0 Å². The lowest BCUT2D eigenvalue weighted by molar-refractivity contribution is 1.11. The number of nitrogens with zero attached hydrogens (tertiary/aromatic N) is 1. The third kappa shape index (κ3) is 1.63. The molecule has 0 N–H and O–H groups in total. The van der Waals surface area contributed by atoms with Gasteiger partial charge in [-0.3, -0.25) is 4.98 Å². The summed E-state index contributed by atoms with van der Waals surface area (Å²) in [5, 5.41) is 0. The summed E-state index contributed by atoms with van der Waals surface area (Å²) < 4.78 is 0. The van der Waals surface area contributed by atoms with E-state index < -0.39 is 0 Å². The minimum absolute atomic E-state index is 0.0152. The standard InChI is InChI=1S/C14H9NS2/c16-13-9-5-1-2-6-10(9)14(17)12(13)11-7-3-4-8-15-11/h1-8,12H. The largest absolute Gasteiger partial charge is 0.260 e. The maximum atomic E-state index is 5.53. The van der Waals surface area contributed by atoms with Crippen molar-refractivity contribution in [1.82, 2.24) is 4.98 Å². The summed E-state index contributed by atoms with van der Waals surface area (Å²) >= 11 is 11.1. The normalized spacial score (nSPS) is 15.1. The van der Waals surface area contributed by atoms with Gasteiger partial charge in [0.2, 0.25) is 0 Å². The van der Waals surface area contributed by atoms with E-state index in [0.717, 1.165) is 26.5 Å². The van der Waals surface area contributed by atoms with Gasteiger partial charge in [0.25, 0.3) is 0 Å². The first-order valence-corrected chi connectivity index (χ1v) is 6.19. The predicted octanol–water partition coefficient (Wildman–Crippen LogP) is 3.32. The van der Waals surface area contributed by atoms with Crippen molar-refractivity contribution >= 4 is 34.2 Å². The van der Waals surface area contributed by atoms with Crippen LogP contribution in [0.25, 0.3) is 0 Å². The monoisotopic (exact) mass is 255 g/mol. The van der Waals surface area contributed by atoms with Gasteiger partial charge in [-0.1, -0.05) is 54.8 Å². The average Bonchev–Trinajstić information content (AvgIpc) is 2.64. The predicted molar refractivity (Wildman–Crippen MR) is 76.8 cm³/mol. The molecular formula is C14H9NS2. The highest BCUT2D eigenvalue weighted by Crippen LogP contribution is 2.34. The zero-order valence-electron chi connectivity index (χ0n) is 8.96. The van der Waals surface area contributed by atoms with Crippen molar-refractivity contribution in [2.75, 3.05) is 0 Å². The minimum atomic E-state index is -0.0152. The highest BCUT2D eigenvalue weighted by molar-refractivity contribution is 7.83. The van der Waals surface area contributed by atoms with Crippen LogP contribution < -0.4 is 0 Å². The number of hydrogen-bond donors (Lipinski definition) is 0. The number of pyridine rings is 1. The van der Waals surface area contributed by atoms with E-state index in [9.17, 15) is 0 Å². The van der Waals surface area contributed by atoms with E-state index in [-0.39, 0.29) is 5.92 Å². The number of benzene rings is 1. The molecule has 1 nitrogen and oxygen atoms in total. The molecule has 17 heavy (non-hydrogen) atoms. The average molecular weight is 255 g/mol. The van der Waals surface area contributed by atoms with E-state index >= 15 is 0 Å². The Morgan fingerprint density at radius 2 is 1.41 bits per heavy atom. The lowest BCUT2D eigenvalue weighted by Crippen LogP contribution is -2.12. The third-order valence-electron chi connectivity index (χ3n) is 2.97. The highest BCUT2D eigenvalue weighted by Gasteiger charge is 2.33. The Balaban J connectivity index is 2.13. The first-order chi connectivity index (χ1) is 8.29. The Labute approximate surface area is 111 Å². The number of aromatic nitrogens is 1. The van der Waals surface area contributed by atoms with E-state index in [0.29, 0.717) is 0 Å². The van der Waals surface area contributed by atoms with E-state index in [1.165, 1.54) is 0 Å². The van der Waals surface area contributed by atoms with Gasteiger partial charge in [0.1, 0.15) is 0 Å². The molecule has 0 amide bonds. The maximum Gasteiger partial charge on any atom is 0.0729 e. The first kappa shape index (κ1) is 10.7. The van der Waals surface area contributed by atoms with Crippen molar-refractivity contribution in [3.8, 4) is 0 Å². The maximum absolute atomic E-state index is 5.53. The molecular weight excluding hydrogens is 246 g/mol. The van der Waals surface area contributed by atoms with Gasteiger partial charge in [-0.25, -0.2) is 0 Å². The molecule has 0 unspecified atom stereocenters. The summed E-state index contributed by atoms with van der Waals surface area (Å²) in [7, 11) is 0. The van der Waals surface area contributed by atoms with Crippen LogP contribution in [0.1, 0.15) is 22.7 Å². The Hall–Kier alpha value is -1.45. The summed E-state index contributed by atoms with van der Waals surface area (Å²) in [6.45, 7) is 0. The summed E-state index contributed by atoms with van der Waals surface area (Å²) in [6.07, 6.45) is 1.78. The summed E-state index contributed by atoms with van der Waals surface area (Å²) in [4.78, 5) is 6.16. The molecule has 0 spiro atoms. The molecule has 1 aliphatic carbocycles. The van der Waals surface area contributed by atoms with Gasteiger partial charge in [0.05, 0.1) is 11.6 Å². The van der Waals surface area contributed by atoms with Gasteiger partial charge in [-0.15, -0.1) is 0 Å². The van der Waals surface area contributed by atoms with Crippen LogP contribution in [0.15, 0.2) is 48.7 Å². The number of fused-ring (bicyclic) bond motifs is 1. The Morgan fingerprint density at radius 3 is 1.94 bits per heavy atom. The molecule has 0 radical (unpaired) electrons. The topological polar surface area (TPSA) is 12.9 Å². The van der Waals surface area contributed by atoms with Crippen molar-refractivity contribution in [3.05, 3.63) is 65.5 Å². The van der Waals surface area contributed by atoms with Gasteiger partial charge < -0.3 is 0 Å². The zero-order chi connectivity index (χ0) is 11.8. The van der Waals surface area contributed by atoms with Crippen molar-refractivity contribution in [1.29, 1.82) is 0 Å². The van der Waals surface area contributed by atoms with E-state index in [1.54, 1.807) is 6.20 Å². The fourth-order valence-corrected chi connectivity index (χ4v) is 3.07. The van der Waals surface area contributed by atoms with Crippen molar-refractivity contribution in [2.24, 2.45) is 0 Å². The molecule has 1 aromatic heterocycles. The van der Waals surface area contributed by atoms with Crippen molar-refractivity contribution in [3.63, 3.8) is 0 Å². The molecule has 82 valence electrons. The lowest BCUT2D eigenvalue weighted by Gasteiger charge is -2.09. The second kappa shape index (κ2) is 4.09. The summed E-state index contributed by atoms with van der Waals surface area (Å²) in [6, 6.07) is 13.9. The summed E-state index contributed by atoms with van der Waals surface area (Å²) in [5.41, 5.74) is 3.12. The van der Waals surface area contributed by atoms with Gasteiger partial charge in [-0.2, -0.15) is 0 Å². The lowest BCUT2D eigenvalue weighted by atomic mass is 10.0. The fourth-order valence-electron chi connectivity index (χ4n) is 2.16. The zero-order valence-corrected chi connectivity index (χ0v) is 10.6. The molecule has 0 atom stereocenters. The van der Waals surface area contributed by atoms with E-state index in [4.69, 9.17) is 24.4 Å². The Kier molecular flexibility index (Phi) is 2.57. The number of hydrogen-bond acceptors (Lipinski definition) is 3. The van der Waals surface area contributed by atoms with Crippen LogP contribution >= 0.6 is 24.4 Å². The second-order valence-corrected chi connectivity index (χ2v) is 4.84. The van der Waals surface area contributed by atoms with Crippen LogP contribution in [0.2, 0.25) is 0 Å². The molecule has 1 aliphatic rings. The molecule has 2 aromatic rings. The van der Waals surface area contributed by atoms with Crippen LogP contribution in [-0.4, -0.2) is 14.7 Å². The SMILES string of the molecule is S=C1c2ccccc2C(=S)C1c1ccccn1. The third-order valence-corrected chi connectivity index (χ3v) is 3.88. The Bertz CT molecular complexity index is 570. The smallest absolute Gasteiger partial charge is 0.0729 e. The van der Waals surface area contributed by atoms with Crippen molar-refractivity contribution < 1.29 is 0 Å². The second-order valence-electron chi connectivity index (χ2n) is 3.96. The van der Waals surface area contributed by atoms with Crippen molar-refractivity contribution in [2.45, 2.75) is 5.92 Å². The molecule has 0 fully saturated rings. The Morgan fingerprint density at radius 1 is 0.824 bits per heavy atom. The van der Waals surface area contributed by atoms with Gasteiger partial charge in [-0.05, 0) is 23.3 Å². The molecule has 3 rings (SSSR count). The van der Waals surface area contributed by atoms with E-state index in [1.807, 2.05) is 42.5 Å². The minimum Gasteiger partial charge on any atom is -0.260 e. The number of thiocarbonyl (C=S) groups is 2. The van der Waals surface area contributed by atoms with Gasteiger partial charge in [0.15, 0.2) is 0 Å². The molecule has 3 heteroatoms. The van der Waals surface area contributed by atoms with Crippen LogP contribution in [-0.2, 0) is 0 Å².